The molecule has 23 heavy (non-hydrogen) atoms. The van der Waals surface area contributed by atoms with Crippen molar-refractivity contribution in [1.82, 2.24) is 10.2 Å². The maximum atomic E-state index is 13.2. The van der Waals surface area contributed by atoms with Gasteiger partial charge >= 0.3 is 0 Å². The minimum atomic E-state index is -0.585. The Labute approximate surface area is 142 Å². The summed E-state index contributed by atoms with van der Waals surface area (Å²) < 4.78 is 18.8. The standard InChI is InChI=1S/C17H23FN2O2.ClH/c1-12(22-16-4-2-3-15(18)9-16)17(21)20-7-5-13-10-19-11-14(13)6-8-20;/h2-4,9,12-14,19H,5-8,10-11H2,1H3;1H/t12?,13-,14+;. The van der Waals surface area contributed by atoms with Gasteiger partial charge in [-0.2, -0.15) is 0 Å². The first-order valence-corrected chi connectivity index (χ1v) is 8.05. The van der Waals surface area contributed by atoms with Crippen LogP contribution in [0.25, 0.3) is 0 Å². The number of ether oxygens (including phenoxy) is 1. The Balaban J connectivity index is 0.00000192. The summed E-state index contributed by atoms with van der Waals surface area (Å²) in [5, 5.41) is 3.43. The van der Waals surface area contributed by atoms with Crippen molar-refractivity contribution in [2.24, 2.45) is 11.8 Å². The Morgan fingerprint density at radius 1 is 1.30 bits per heavy atom. The normalized spacial score (nSPS) is 25.0. The molecule has 6 heteroatoms. The number of hydrogen-bond acceptors (Lipinski definition) is 3. The number of amides is 1. The molecule has 2 aliphatic heterocycles. The van der Waals surface area contributed by atoms with E-state index in [4.69, 9.17) is 4.74 Å². The molecule has 0 aromatic heterocycles. The molecule has 1 aromatic carbocycles. The van der Waals surface area contributed by atoms with Crippen LogP contribution in [0.3, 0.4) is 0 Å². The molecule has 0 bridgehead atoms. The number of carbonyl (C=O) groups is 1. The molecule has 3 rings (SSSR count). The largest absolute Gasteiger partial charge is 0.481 e. The number of hydrogen-bond donors (Lipinski definition) is 1. The van der Waals surface area contributed by atoms with Gasteiger partial charge in [-0.25, -0.2) is 4.39 Å². The van der Waals surface area contributed by atoms with E-state index >= 15 is 0 Å². The van der Waals surface area contributed by atoms with Crippen LogP contribution in [0.2, 0.25) is 0 Å². The van der Waals surface area contributed by atoms with E-state index in [1.807, 2.05) is 4.90 Å². The number of likely N-dealkylation sites (tertiary alicyclic amines) is 1. The number of carbonyl (C=O) groups excluding carboxylic acids is 1. The van der Waals surface area contributed by atoms with Crippen LogP contribution in [0.1, 0.15) is 19.8 Å². The van der Waals surface area contributed by atoms with Crippen molar-refractivity contribution in [2.75, 3.05) is 26.2 Å². The van der Waals surface area contributed by atoms with E-state index in [-0.39, 0.29) is 24.1 Å². The summed E-state index contributed by atoms with van der Waals surface area (Å²) in [6.07, 6.45) is 1.52. The van der Waals surface area contributed by atoms with E-state index < -0.39 is 6.10 Å². The predicted octanol–water partition coefficient (Wildman–Crippen LogP) is 2.47. The molecule has 1 amide bonds. The van der Waals surface area contributed by atoms with Gasteiger partial charge in [-0.15, -0.1) is 12.4 Å². The van der Waals surface area contributed by atoms with E-state index in [0.717, 1.165) is 39.0 Å². The first-order valence-electron chi connectivity index (χ1n) is 8.05. The van der Waals surface area contributed by atoms with Crippen molar-refractivity contribution in [3.05, 3.63) is 30.1 Å². The van der Waals surface area contributed by atoms with Gasteiger partial charge in [0.25, 0.3) is 5.91 Å². The zero-order chi connectivity index (χ0) is 15.5. The summed E-state index contributed by atoms with van der Waals surface area (Å²) in [6.45, 7) is 5.46. The van der Waals surface area contributed by atoms with Crippen LogP contribution in [0, 0.1) is 17.7 Å². The molecule has 2 aliphatic rings. The van der Waals surface area contributed by atoms with Crippen LogP contribution in [-0.4, -0.2) is 43.1 Å². The summed E-state index contributed by atoms with van der Waals surface area (Å²) in [7, 11) is 0. The molecule has 3 atom stereocenters. The number of fused-ring (bicyclic) bond motifs is 1. The Hall–Kier alpha value is -1.33. The van der Waals surface area contributed by atoms with E-state index in [9.17, 15) is 9.18 Å². The SMILES string of the molecule is CC(Oc1cccc(F)c1)C(=O)N1CC[C@@H]2CNC[C@@H]2CC1.Cl. The molecule has 0 radical (unpaired) electrons. The highest BCUT2D eigenvalue weighted by Gasteiger charge is 2.32. The zero-order valence-corrected chi connectivity index (χ0v) is 14.2. The third-order valence-electron chi connectivity index (χ3n) is 4.79. The molecule has 2 fully saturated rings. The Morgan fingerprint density at radius 2 is 1.96 bits per heavy atom. The summed E-state index contributed by atoms with van der Waals surface area (Å²) in [5.41, 5.74) is 0. The minimum absolute atomic E-state index is 0. The first-order chi connectivity index (χ1) is 10.6. The number of nitrogens with one attached hydrogen (secondary N) is 1. The van der Waals surface area contributed by atoms with Gasteiger partial charge in [-0.3, -0.25) is 4.79 Å². The maximum Gasteiger partial charge on any atom is 0.263 e. The Morgan fingerprint density at radius 3 is 2.57 bits per heavy atom. The van der Waals surface area contributed by atoms with Gasteiger partial charge in [0, 0.05) is 19.2 Å². The van der Waals surface area contributed by atoms with E-state index in [2.05, 4.69) is 5.32 Å². The third kappa shape index (κ3) is 4.36. The van der Waals surface area contributed by atoms with Gasteiger partial charge in [0.05, 0.1) is 0 Å². The molecule has 0 saturated carbocycles. The van der Waals surface area contributed by atoms with Crippen LogP contribution in [0.15, 0.2) is 24.3 Å². The molecule has 0 spiro atoms. The van der Waals surface area contributed by atoms with Crippen LogP contribution >= 0.6 is 12.4 Å². The van der Waals surface area contributed by atoms with Crippen molar-refractivity contribution >= 4 is 18.3 Å². The molecule has 1 aromatic rings. The predicted molar refractivity (Wildman–Crippen MR) is 89.4 cm³/mol. The highest BCUT2D eigenvalue weighted by atomic mass is 35.5. The van der Waals surface area contributed by atoms with Crippen LogP contribution < -0.4 is 10.1 Å². The zero-order valence-electron chi connectivity index (χ0n) is 13.3. The molecule has 2 heterocycles. The second-order valence-electron chi connectivity index (χ2n) is 6.30. The summed E-state index contributed by atoms with van der Waals surface area (Å²) >= 11 is 0. The average Bonchev–Trinajstić information content (AvgIpc) is 2.85. The van der Waals surface area contributed by atoms with E-state index in [1.54, 1.807) is 19.1 Å². The van der Waals surface area contributed by atoms with Gasteiger partial charge in [0.15, 0.2) is 6.10 Å². The van der Waals surface area contributed by atoms with Crippen LogP contribution in [0.4, 0.5) is 4.39 Å². The van der Waals surface area contributed by atoms with Crippen molar-refractivity contribution in [2.45, 2.75) is 25.9 Å². The number of rotatable bonds is 3. The molecule has 0 aliphatic carbocycles. The second-order valence-corrected chi connectivity index (χ2v) is 6.30. The minimum Gasteiger partial charge on any atom is -0.481 e. The number of halogens is 2. The lowest BCUT2D eigenvalue weighted by Gasteiger charge is -2.25. The molecule has 128 valence electrons. The number of nitrogens with zero attached hydrogens (tertiary/aromatic N) is 1. The highest BCUT2D eigenvalue weighted by molar-refractivity contribution is 5.85. The lowest BCUT2D eigenvalue weighted by atomic mass is 9.92. The van der Waals surface area contributed by atoms with Gasteiger partial charge in [0.2, 0.25) is 0 Å². The smallest absolute Gasteiger partial charge is 0.263 e. The summed E-state index contributed by atoms with van der Waals surface area (Å²) in [6, 6.07) is 5.93. The average molecular weight is 343 g/mol. The molecule has 1 N–H and O–H groups in total. The summed E-state index contributed by atoms with van der Waals surface area (Å²) in [5.74, 6) is 1.43. The Bertz CT molecular complexity index is 529. The van der Waals surface area contributed by atoms with Gasteiger partial charge in [-0.05, 0) is 56.8 Å². The molecule has 2 saturated heterocycles. The summed E-state index contributed by atoms with van der Waals surface area (Å²) in [4.78, 5) is 14.5. The Kier molecular flexibility index (Phi) is 6.25. The van der Waals surface area contributed by atoms with Crippen LogP contribution in [0.5, 0.6) is 5.75 Å². The van der Waals surface area contributed by atoms with Crippen LogP contribution in [-0.2, 0) is 4.79 Å². The number of benzene rings is 1. The second kappa shape index (κ2) is 7.97. The topological polar surface area (TPSA) is 41.6 Å². The first kappa shape index (κ1) is 18.0. The lowest BCUT2D eigenvalue weighted by molar-refractivity contribution is -0.137. The van der Waals surface area contributed by atoms with Crippen molar-refractivity contribution in [1.29, 1.82) is 0 Å². The van der Waals surface area contributed by atoms with Gasteiger partial charge in [-0.1, -0.05) is 6.07 Å². The van der Waals surface area contributed by atoms with Crippen molar-refractivity contribution in [3.63, 3.8) is 0 Å². The fraction of sp³-hybridized carbons (Fsp3) is 0.588. The van der Waals surface area contributed by atoms with Gasteiger partial charge in [0.1, 0.15) is 11.6 Å². The van der Waals surface area contributed by atoms with Crippen molar-refractivity contribution in [3.8, 4) is 5.75 Å². The molecule has 4 nitrogen and oxygen atoms in total. The molecular weight excluding hydrogens is 319 g/mol. The van der Waals surface area contributed by atoms with Gasteiger partial charge < -0.3 is 15.0 Å². The van der Waals surface area contributed by atoms with E-state index in [0.29, 0.717) is 17.6 Å². The van der Waals surface area contributed by atoms with Crippen molar-refractivity contribution < 1.29 is 13.9 Å². The molecular formula is C17H24ClFN2O2. The third-order valence-corrected chi connectivity index (χ3v) is 4.79. The highest BCUT2D eigenvalue weighted by Crippen LogP contribution is 2.27. The maximum absolute atomic E-state index is 13.2. The van der Waals surface area contributed by atoms with E-state index in [1.165, 1.54) is 12.1 Å². The fourth-order valence-electron chi connectivity index (χ4n) is 3.49. The lowest BCUT2D eigenvalue weighted by Crippen LogP contribution is -2.41. The quantitative estimate of drug-likeness (QED) is 0.917. The molecule has 1 unspecified atom stereocenters. The monoisotopic (exact) mass is 342 g/mol. The fourth-order valence-corrected chi connectivity index (χ4v) is 3.49.